The lowest BCUT2D eigenvalue weighted by atomic mass is 9.82. The molecule has 0 bridgehead atoms. The van der Waals surface area contributed by atoms with Crippen LogP contribution >= 0.6 is 0 Å². The molecule has 254 valence electrons. The van der Waals surface area contributed by atoms with Crippen molar-refractivity contribution in [3.05, 3.63) is 205 Å². The van der Waals surface area contributed by atoms with E-state index in [4.69, 9.17) is 0 Å². The van der Waals surface area contributed by atoms with Crippen LogP contribution in [-0.2, 0) is 5.41 Å². The number of hydrogen-bond donors (Lipinski definition) is 0. The second-order valence-electron chi connectivity index (χ2n) is 15.0. The molecule has 0 radical (unpaired) electrons. The third-order valence-corrected chi connectivity index (χ3v) is 11.6. The van der Waals surface area contributed by atoms with Crippen LogP contribution in [-0.4, -0.2) is 10.6 Å². The highest BCUT2D eigenvalue weighted by atomic mass is 15.2. The summed E-state index contributed by atoms with van der Waals surface area (Å²) in [5.41, 5.74) is 15.1. The van der Waals surface area contributed by atoms with Crippen molar-refractivity contribution in [3.63, 3.8) is 0 Å². The molecule has 0 fully saturated rings. The number of nitrogens with zero attached hydrogens (tertiary/aromatic N) is 2. The molecule has 2 aliphatic rings. The third-order valence-electron chi connectivity index (χ3n) is 11.6. The van der Waals surface area contributed by atoms with Crippen molar-refractivity contribution in [2.45, 2.75) is 31.7 Å². The maximum Gasteiger partial charge on any atom is 0.0560 e. The lowest BCUT2D eigenvalue weighted by Gasteiger charge is -2.34. The van der Waals surface area contributed by atoms with E-state index in [9.17, 15) is 0 Å². The first-order chi connectivity index (χ1) is 26.0. The molecule has 1 heterocycles. The molecule has 53 heavy (non-hydrogen) atoms. The molecule has 10 rings (SSSR count). The Labute approximate surface area is 311 Å². The molecule has 2 heteroatoms. The molecule has 8 aromatic rings. The zero-order valence-corrected chi connectivity index (χ0v) is 30.1. The van der Waals surface area contributed by atoms with E-state index in [1.165, 1.54) is 83.3 Å². The summed E-state index contributed by atoms with van der Waals surface area (Å²) >= 11 is 0. The van der Waals surface area contributed by atoms with Gasteiger partial charge >= 0.3 is 0 Å². The van der Waals surface area contributed by atoms with Gasteiger partial charge in [0.05, 0.1) is 11.6 Å². The van der Waals surface area contributed by atoms with Gasteiger partial charge in [-0.05, 0) is 110 Å². The summed E-state index contributed by atoms with van der Waals surface area (Å²) in [6.07, 6.45) is 10.2. The molecule has 1 atom stereocenters. The SMILES string of the molecule is CC1(C)c2cc(N(c3ccc(-c4ccccc4)cc3)C3C=CC(c4ccccc4)=CC3)ccc2-c2ccc(-n3ccc4c5ccccc5ccc43)cc21. The number of fused-ring (bicyclic) bond motifs is 6. The number of aromatic nitrogens is 1. The lowest BCUT2D eigenvalue weighted by molar-refractivity contribution is 0.659. The molecule has 0 aliphatic heterocycles. The molecule has 7 aromatic carbocycles. The fourth-order valence-corrected chi connectivity index (χ4v) is 8.76. The highest BCUT2D eigenvalue weighted by molar-refractivity contribution is 6.07. The van der Waals surface area contributed by atoms with Crippen LogP contribution in [0.2, 0.25) is 0 Å². The van der Waals surface area contributed by atoms with Crippen LogP contribution < -0.4 is 4.90 Å². The highest BCUT2D eigenvalue weighted by Crippen LogP contribution is 2.51. The van der Waals surface area contributed by atoms with Gasteiger partial charge in [-0.15, -0.1) is 0 Å². The van der Waals surface area contributed by atoms with Crippen molar-refractivity contribution in [1.82, 2.24) is 4.57 Å². The monoisotopic (exact) mass is 680 g/mol. The van der Waals surface area contributed by atoms with Crippen LogP contribution in [0.1, 0.15) is 37.0 Å². The molecule has 1 aromatic heterocycles. The van der Waals surface area contributed by atoms with Crippen LogP contribution in [0.3, 0.4) is 0 Å². The summed E-state index contributed by atoms with van der Waals surface area (Å²) in [5, 5.41) is 3.86. The van der Waals surface area contributed by atoms with Crippen LogP contribution in [0.5, 0.6) is 0 Å². The van der Waals surface area contributed by atoms with Crippen molar-refractivity contribution in [3.8, 4) is 27.9 Å². The van der Waals surface area contributed by atoms with Crippen molar-refractivity contribution in [2.24, 2.45) is 0 Å². The molecule has 0 saturated carbocycles. The van der Waals surface area contributed by atoms with Gasteiger partial charge in [-0.25, -0.2) is 0 Å². The van der Waals surface area contributed by atoms with E-state index in [2.05, 4.69) is 212 Å². The standard InChI is InChI=1S/C51H40N2/c1-51(2)48-33-42(52-32-31-47-44-16-10-9-15-39(44)21-30-50(47)52)26-28-45(48)46-29-27-43(34-49(46)51)53(40-22-17-37(18-23-40)35-11-5-3-6-12-35)41-24-19-38(20-25-41)36-13-7-4-8-14-36/h3-24,26-34,41H,25H2,1-2H3. The first-order valence-corrected chi connectivity index (χ1v) is 18.7. The lowest BCUT2D eigenvalue weighted by Crippen LogP contribution is -2.30. The smallest absolute Gasteiger partial charge is 0.0560 e. The Hall–Kier alpha value is -6.38. The van der Waals surface area contributed by atoms with E-state index in [-0.39, 0.29) is 11.5 Å². The van der Waals surface area contributed by atoms with Crippen molar-refractivity contribution in [1.29, 1.82) is 0 Å². The fraction of sp³-hybridized carbons (Fsp3) is 0.0980. The van der Waals surface area contributed by atoms with Crippen molar-refractivity contribution < 1.29 is 0 Å². The molecule has 0 spiro atoms. The Morgan fingerprint density at radius 1 is 0.566 bits per heavy atom. The van der Waals surface area contributed by atoms with Gasteiger partial charge in [0.25, 0.3) is 0 Å². The summed E-state index contributed by atoms with van der Waals surface area (Å²) in [5.74, 6) is 0. The molecule has 2 nitrogen and oxygen atoms in total. The maximum atomic E-state index is 2.53. The average molecular weight is 681 g/mol. The zero-order chi connectivity index (χ0) is 35.5. The van der Waals surface area contributed by atoms with Gasteiger partial charge in [0.1, 0.15) is 0 Å². The van der Waals surface area contributed by atoms with Crippen LogP contribution in [0.4, 0.5) is 11.4 Å². The van der Waals surface area contributed by atoms with E-state index in [0.29, 0.717) is 0 Å². The number of rotatable bonds is 6. The highest BCUT2D eigenvalue weighted by Gasteiger charge is 2.37. The van der Waals surface area contributed by atoms with Crippen LogP contribution in [0, 0.1) is 0 Å². The summed E-state index contributed by atoms with van der Waals surface area (Å²) in [7, 11) is 0. The number of hydrogen-bond acceptors (Lipinski definition) is 1. The minimum atomic E-state index is -0.169. The van der Waals surface area contributed by atoms with E-state index >= 15 is 0 Å². The van der Waals surface area contributed by atoms with Gasteiger partial charge in [-0.2, -0.15) is 0 Å². The van der Waals surface area contributed by atoms with Crippen molar-refractivity contribution in [2.75, 3.05) is 4.90 Å². The van der Waals surface area contributed by atoms with Crippen molar-refractivity contribution >= 4 is 38.6 Å². The topological polar surface area (TPSA) is 8.17 Å². The molecule has 0 N–H and O–H groups in total. The van der Waals surface area contributed by atoms with Gasteiger partial charge in [-0.1, -0.05) is 147 Å². The predicted molar refractivity (Wildman–Crippen MR) is 224 cm³/mol. The predicted octanol–water partition coefficient (Wildman–Crippen LogP) is 13.3. The maximum absolute atomic E-state index is 2.53. The summed E-state index contributed by atoms with van der Waals surface area (Å²) in [6, 6.07) is 60.3. The average Bonchev–Trinajstić information content (AvgIpc) is 3.75. The Bertz CT molecular complexity index is 2710. The molecule has 2 aliphatic carbocycles. The number of benzene rings is 7. The first-order valence-electron chi connectivity index (χ1n) is 18.7. The Morgan fingerprint density at radius 2 is 1.23 bits per heavy atom. The second-order valence-corrected chi connectivity index (χ2v) is 15.0. The Morgan fingerprint density at radius 3 is 1.98 bits per heavy atom. The molecular formula is C51H40N2. The third kappa shape index (κ3) is 5.25. The summed E-state index contributed by atoms with van der Waals surface area (Å²) < 4.78 is 2.35. The van der Waals surface area contributed by atoms with Gasteiger partial charge in [-0.3, -0.25) is 0 Å². The van der Waals surface area contributed by atoms with Gasteiger partial charge in [0.2, 0.25) is 0 Å². The largest absolute Gasteiger partial charge is 0.334 e. The first kappa shape index (κ1) is 31.4. The molecule has 1 unspecified atom stereocenters. The van der Waals surface area contributed by atoms with Crippen LogP contribution in [0.25, 0.3) is 55.2 Å². The van der Waals surface area contributed by atoms with Gasteiger partial charge in [0, 0.05) is 34.1 Å². The van der Waals surface area contributed by atoms with Crippen LogP contribution in [0.15, 0.2) is 188 Å². The summed E-state index contributed by atoms with van der Waals surface area (Å²) in [6.45, 7) is 4.78. The Balaban J connectivity index is 1.03. The quantitative estimate of drug-likeness (QED) is 0.170. The fourth-order valence-electron chi connectivity index (χ4n) is 8.76. The van der Waals surface area contributed by atoms with E-state index in [1.807, 2.05) is 0 Å². The number of allylic oxidation sites excluding steroid dienone is 2. The minimum Gasteiger partial charge on any atom is -0.334 e. The normalized spacial score (nSPS) is 15.7. The second kappa shape index (κ2) is 12.4. The Kier molecular flexibility index (Phi) is 7.33. The number of anilines is 2. The van der Waals surface area contributed by atoms with E-state index < -0.39 is 0 Å². The van der Waals surface area contributed by atoms with E-state index in [1.54, 1.807) is 0 Å². The minimum absolute atomic E-state index is 0.169. The molecule has 0 amide bonds. The molecular weight excluding hydrogens is 641 g/mol. The zero-order valence-electron chi connectivity index (χ0n) is 30.1. The van der Waals surface area contributed by atoms with Gasteiger partial charge in [0.15, 0.2) is 0 Å². The van der Waals surface area contributed by atoms with E-state index in [0.717, 1.165) is 6.42 Å². The summed E-state index contributed by atoms with van der Waals surface area (Å²) in [4.78, 5) is 2.53. The van der Waals surface area contributed by atoms with Gasteiger partial charge < -0.3 is 9.47 Å². The molecule has 0 saturated heterocycles.